The van der Waals surface area contributed by atoms with Gasteiger partial charge < -0.3 is 20.9 Å². The molecule has 6 heteroatoms. The van der Waals surface area contributed by atoms with Crippen LogP contribution < -0.4 is 11.1 Å². The Hall–Kier alpha value is -1.56. The van der Waals surface area contributed by atoms with Gasteiger partial charge in [0.05, 0.1) is 0 Å². The Morgan fingerprint density at radius 3 is 2.52 bits per heavy atom. The molecule has 1 amide bonds. The smallest absolute Gasteiger partial charge is 0.407 e. The third kappa shape index (κ3) is 10.8. The van der Waals surface area contributed by atoms with E-state index in [1.54, 1.807) is 6.08 Å². The number of rotatable bonds is 12. The molecule has 0 aromatic heterocycles. The summed E-state index contributed by atoms with van der Waals surface area (Å²) in [6.07, 6.45) is 6.68. The van der Waals surface area contributed by atoms with Gasteiger partial charge >= 0.3 is 12.1 Å². The first-order valence-electron chi connectivity index (χ1n) is 7.56. The van der Waals surface area contributed by atoms with Crippen molar-refractivity contribution in [3.05, 3.63) is 12.7 Å². The SMILES string of the molecule is C=CC(CCCCC)OC(=O)NCCCC[C@H](N)C(=O)O. The number of nitrogens with one attached hydrogen (secondary N) is 1. The molecule has 0 radical (unpaired) electrons. The van der Waals surface area contributed by atoms with Gasteiger partial charge in [-0.15, -0.1) is 0 Å². The van der Waals surface area contributed by atoms with E-state index < -0.39 is 18.1 Å². The molecule has 0 aliphatic carbocycles. The number of carbonyl (C=O) groups is 2. The zero-order valence-electron chi connectivity index (χ0n) is 12.8. The topological polar surface area (TPSA) is 102 Å². The fourth-order valence-electron chi connectivity index (χ4n) is 1.80. The number of unbranched alkanes of at least 4 members (excludes halogenated alkanes) is 3. The second-order valence-corrected chi connectivity index (χ2v) is 5.04. The lowest BCUT2D eigenvalue weighted by Crippen LogP contribution is -2.31. The van der Waals surface area contributed by atoms with Crippen LogP contribution in [0, 0.1) is 0 Å². The van der Waals surface area contributed by atoms with E-state index in [-0.39, 0.29) is 6.10 Å². The second kappa shape index (κ2) is 12.2. The van der Waals surface area contributed by atoms with Crippen molar-refractivity contribution < 1.29 is 19.4 Å². The zero-order chi connectivity index (χ0) is 16.1. The van der Waals surface area contributed by atoms with Gasteiger partial charge in [0.2, 0.25) is 0 Å². The molecule has 0 aromatic rings. The highest BCUT2D eigenvalue weighted by atomic mass is 16.6. The number of amides is 1. The second-order valence-electron chi connectivity index (χ2n) is 5.04. The normalized spacial score (nSPS) is 13.2. The molecule has 0 aliphatic rings. The van der Waals surface area contributed by atoms with E-state index in [0.29, 0.717) is 25.8 Å². The molecule has 0 heterocycles. The van der Waals surface area contributed by atoms with Gasteiger partial charge in [-0.3, -0.25) is 4.79 Å². The van der Waals surface area contributed by atoms with E-state index in [0.717, 1.165) is 25.7 Å². The van der Waals surface area contributed by atoms with Crippen molar-refractivity contribution in [2.75, 3.05) is 6.54 Å². The van der Waals surface area contributed by atoms with E-state index >= 15 is 0 Å². The van der Waals surface area contributed by atoms with Crippen LogP contribution in [0.4, 0.5) is 4.79 Å². The predicted molar refractivity (Wildman–Crippen MR) is 82.1 cm³/mol. The Morgan fingerprint density at radius 2 is 1.95 bits per heavy atom. The van der Waals surface area contributed by atoms with E-state index in [4.69, 9.17) is 15.6 Å². The number of hydrogen-bond acceptors (Lipinski definition) is 4. The molecule has 0 bridgehead atoms. The number of alkyl carbamates (subject to hydrolysis) is 1. The lowest BCUT2D eigenvalue weighted by Gasteiger charge is -2.14. The zero-order valence-corrected chi connectivity index (χ0v) is 12.8. The van der Waals surface area contributed by atoms with E-state index in [1.807, 2.05) is 0 Å². The average molecular weight is 300 g/mol. The number of nitrogens with two attached hydrogens (primary N) is 1. The fraction of sp³-hybridized carbons (Fsp3) is 0.733. The summed E-state index contributed by atoms with van der Waals surface area (Å²) in [5.41, 5.74) is 5.38. The summed E-state index contributed by atoms with van der Waals surface area (Å²) >= 11 is 0. The van der Waals surface area contributed by atoms with Crippen LogP contribution in [-0.2, 0) is 9.53 Å². The average Bonchev–Trinajstić information content (AvgIpc) is 2.45. The number of ether oxygens (including phenoxy) is 1. The molecule has 0 fully saturated rings. The van der Waals surface area contributed by atoms with Crippen LogP contribution in [0.5, 0.6) is 0 Å². The van der Waals surface area contributed by atoms with Gasteiger partial charge in [-0.2, -0.15) is 0 Å². The molecular formula is C15H28N2O4. The third-order valence-electron chi connectivity index (χ3n) is 3.14. The molecule has 0 spiro atoms. The first-order valence-corrected chi connectivity index (χ1v) is 7.56. The summed E-state index contributed by atoms with van der Waals surface area (Å²) in [5, 5.41) is 11.3. The summed E-state index contributed by atoms with van der Waals surface area (Å²) in [6, 6.07) is -0.833. The van der Waals surface area contributed by atoms with Crippen molar-refractivity contribution in [2.45, 2.75) is 64.0 Å². The van der Waals surface area contributed by atoms with Crippen molar-refractivity contribution >= 4 is 12.1 Å². The first kappa shape index (κ1) is 19.4. The molecule has 0 aliphatic heterocycles. The van der Waals surface area contributed by atoms with Crippen LogP contribution in [0.25, 0.3) is 0 Å². The third-order valence-corrected chi connectivity index (χ3v) is 3.14. The lowest BCUT2D eigenvalue weighted by atomic mass is 10.1. The number of hydrogen-bond donors (Lipinski definition) is 3. The van der Waals surface area contributed by atoms with Gasteiger partial charge in [-0.25, -0.2) is 4.79 Å². The van der Waals surface area contributed by atoms with Crippen LogP contribution >= 0.6 is 0 Å². The van der Waals surface area contributed by atoms with Gasteiger partial charge in [0.1, 0.15) is 12.1 Å². The molecule has 0 saturated heterocycles. The van der Waals surface area contributed by atoms with Gasteiger partial charge in [0.25, 0.3) is 0 Å². The van der Waals surface area contributed by atoms with Crippen LogP contribution in [0.2, 0.25) is 0 Å². The standard InChI is InChI=1S/C15H28N2O4/c1-3-5-6-9-12(4-2)21-15(20)17-11-8-7-10-13(16)14(18)19/h4,12-13H,2-3,5-11,16H2,1H3,(H,17,20)(H,18,19)/t12?,13-/m0/s1. The van der Waals surface area contributed by atoms with Gasteiger partial charge in [0, 0.05) is 6.54 Å². The summed E-state index contributed by atoms with van der Waals surface area (Å²) in [7, 11) is 0. The maximum absolute atomic E-state index is 11.6. The Bertz CT molecular complexity index is 321. The molecule has 0 rings (SSSR count). The molecule has 6 nitrogen and oxygen atoms in total. The monoisotopic (exact) mass is 300 g/mol. The molecule has 0 saturated carbocycles. The van der Waals surface area contributed by atoms with Crippen LogP contribution in [0.1, 0.15) is 51.9 Å². The van der Waals surface area contributed by atoms with Crippen molar-refractivity contribution in [2.24, 2.45) is 5.73 Å². The fourth-order valence-corrected chi connectivity index (χ4v) is 1.80. The molecule has 0 aromatic carbocycles. The van der Waals surface area contributed by atoms with Crippen molar-refractivity contribution in [3.63, 3.8) is 0 Å². The summed E-state index contributed by atoms with van der Waals surface area (Å²) in [4.78, 5) is 22.1. The minimum absolute atomic E-state index is 0.253. The minimum Gasteiger partial charge on any atom is -0.480 e. The lowest BCUT2D eigenvalue weighted by molar-refractivity contribution is -0.138. The predicted octanol–water partition coefficient (Wildman–Crippen LogP) is 2.43. The highest BCUT2D eigenvalue weighted by molar-refractivity contribution is 5.72. The molecular weight excluding hydrogens is 272 g/mol. The maximum atomic E-state index is 11.6. The molecule has 122 valence electrons. The number of carbonyl (C=O) groups excluding carboxylic acids is 1. The maximum Gasteiger partial charge on any atom is 0.407 e. The van der Waals surface area contributed by atoms with Gasteiger partial charge in [0.15, 0.2) is 0 Å². The van der Waals surface area contributed by atoms with E-state index in [1.165, 1.54) is 0 Å². The highest BCUT2D eigenvalue weighted by Crippen LogP contribution is 2.08. The quantitative estimate of drug-likeness (QED) is 0.379. The van der Waals surface area contributed by atoms with Crippen molar-refractivity contribution in [1.29, 1.82) is 0 Å². The summed E-state index contributed by atoms with van der Waals surface area (Å²) in [5.74, 6) is -0.997. The summed E-state index contributed by atoms with van der Waals surface area (Å²) < 4.78 is 5.23. The van der Waals surface area contributed by atoms with Crippen molar-refractivity contribution in [3.8, 4) is 0 Å². The Kier molecular flexibility index (Phi) is 11.3. The number of aliphatic carboxylic acids is 1. The number of carboxylic acids is 1. The van der Waals surface area contributed by atoms with Gasteiger partial charge in [-0.05, 0) is 32.1 Å². The minimum atomic E-state index is -0.997. The molecule has 1 unspecified atom stereocenters. The van der Waals surface area contributed by atoms with E-state index in [2.05, 4.69) is 18.8 Å². The van der Waals surface area contributed by atoms with E-state index in [9.17, 15) is 9.59 Å². The van der Waals surface area contributed by atoms with Crippen molar-refractivity contribution in [1.82, 2.24) is 5.32 Å². The number of carboxylic acid groups (broad SMARTS) is 1. The Balaban J connectivity index is 3.68. The first-order chi connectivity index (χ1) is 10.0. The largest absolute Gasteiger partial charge is 0.480 e. The molecule has 4 N–H and O–H groups in total. The highest BCUT2D eigenvalue weighted by Gasteiger charge is 2.11. The Morgan fingerprint density at radius 1 is 1.29 bits per heavy atom. The van der Waals surface area contributed by atoms with Crippen LogP contribution in [0.3, 0.4) is 0 Å². The van der Waals surface area contributed by atoms with Gasteiger partial charge in [-0.1, -0.05) is 32.4 Å². The molecule has 2 atom stereocenters. The molecule has 21 heavy (non-hydrogen) atoms. The van der Waals surface area contributed by atoms with Crippen LogP contribution in [-0.4, -0.2) is 35.9 Å². The summed E-state index contributed by atoms with van der Waals surface area (Å²) in [6.45, 7) is 6.23. The Labute approximate surface area is 126 Å². The van der Waals surface area contributed by atoms with Crippen LogP contribution in [0.15, 0.2) is 12.7 Å².